The highest BCUT2D eigenvalue weighted by molar-refractivity contribution is 9.10. The van der Waals surface area contributed by atoms with Gasteiger partial charge in [0.1, 0.15) is 0 Å². The first-order chi connectivity index (χ1) is 9.11. The van der Waals surface area contributed by atoms with E-state index >= 15 is 0 Å². The van der Waals surface area contributed by atoms with Crippen molar-refractivity contribution >= 4 is 21.6 Å². The summed E-state index contributed by atoms with van der Waals surface area (Å²) < 4.78 is 1.14. The lowest BCUT2D eigenvalue weighted by Gasteiger charge is -2.24. The van der Waals surface area contributed by atoms with E-state index in [0.717, 1.165) is 10.4 Å². The summed E-state index contributed by atoms with van der Waals surface area (Å²) >= 11 is 3.65. The molecule has 1 fully saturated rings. The van der Waals surface area contributed by atoms with Crippen LogP contribution in [-0.2, 0) is 0 Å². The molecule has 3 heteroatoms. The lowest BCUT2D eigenvalue weighted by Crippen LogP contribution is -2.24. The molecule has 1 unspecified atom stereocenters. The third-order valence-corrected chi connectivity index (χ3v) is 4.95. The van der Waals surface area contributed by atoms with E-state index in [0.29, 0.717) is 0 Å². The first-order valence-corrected chi connectivity index (χ1v) is 8.21. The van der Waals surface area contributed by atoms with Crippen molar-refractivity contribution in [3.8, 4) is 0 Å². The summed E-state index contributed by atoms with van der Waals surface area (Å²) in [6.45, 7) is 6.70. The molecule has 0 saturated carbocycles. The van der Waals surface area contributed by atoms with Crippen molar-refractivity contribution in [3.63, 3.8) is 0 Å². The van der Waals surface area contributed by atoms with E-state index in [1.807, 2.05) is 6.92 Å². The van der Waals surface area contributed by atoms with Crippen LogP contribution in [0.15, 0.2) is 22.7 Å². The fourth-order valence-electron chi connectivity index (χ4n) is 2.91. The Hall–Kier alpha value is -0.540. The van der Waals surface area contributed by atoms with Crippen LogP contribution in [0.4, 0.5) is 5.69 Å². The van der Waals surface area contributed by atoms with Crippen molar-refractivity contribution in [1.82, 2.24) is 0 Å². The largest absolute Gasteiger partial charge is 0.371 e. The number of rotatable bonds is 3. The molecule has 0 radical (unpaired) electrons. The SMILES string of the molecule is CCC1CCCN(c2ccc([C@H](C)N)c(Br)c2)CC1. The average Bonchev–Trinajstić information content (AvgIpc) is 2.63. The van der Waals surface area contributed by atoms with Gasteiger partial charge in [-0.05, 0) is 49.8 Å². The molecule has 1 aromatic rings. The van der Waals surface area contributed by atoms with Gasteiger partial charge in [-0.15, -0.1) is 0 Å². The van der Waals surface area contributed by atoms with E-state index in [2.05, 4.69) is 46.0 Å². The minimum absolute atomic E-state index is 0.0806. The fraction of sp³-hybridized carbons (Fsp3) is 0.625. The Labute approximate surface area is 125 Å². The normalized spacial score (nSPS) is 22.1. The van der Waals surface area contributed by atoms with Crippen molar-refractivity contribution in [2.45, 2.75) is 45.6 Å². The number of hydrogen-bond acceptors (Lipinski definition) is 2. The molecule has 0 amide bonds. The predicted molar refractivity (Wildman–Crippen MR) is 86.6 cm³/mol. The minimum Gasteiger partial charge on any atom is -0.371 e. The predicted octanol–water partition coefficient (Wildman–Crippen LogP) is 4.49. The molecule has 1 aliphatic rings. The van der Waals surface area contributed by atoms with Crippen LogP contribution in [-0.4, -0.2) is 13.1 Å². The smallest absolute Gasteiger partial charge is 0.0377 e. The molecule has 0 spiro atoms. The van der Waals surface area contributed by atoms with Crippen LogP contribution in [0.3, 0.4) is 0 Å². The molecule has 2 N–H and O–H groups in total. The van der Waals surface area contributed by atoms with Gasteiger partial charge in [-0.3, -0.25) is 0 Å². The van der Waals surface area contributed by atoms with Crippen LogP contribution in [0.2, 0.25) is 0 Å². The van der Waals surface area contributed by atoms with Crippen LogP contribution < -0.4 is 10.6 Å². The summed E-state index contributed by atoms with van der Waals surface area (Å²) in [7, 11) is 0. The Morgan fingerprint density at radius 1 is 1.37 bits per heavy atom. The van der Waals surface area contributed by atoms with E-state index in [-0.39, 0.29) is 6.04 Å². The highest BCUT2D eigenvalue weighted by atomic mass is 79.9. The van der Waals surface area contributed by atoms with Crippen molar-refractivity contribution in [2.24, 2.45) is 11.7 Å². The Morgan fingerprint density at radius 3 is 2.79 bits per heavy atom. The first-order valence-electron chi connectivity index (χ1n) is 7.41. The summed E-state index contributed by atoms with van der Waals surface area (Å²) in [5.74, 6) is 0.914. The van der Waals surface area contributed by atoms with Crippen LogP contribution in [0.25, 0.3) is 0 Å². The molecule has 1 aromatic carbocycles. The quantitative estimate of drug-likeness (QED) is 0.887. The maximum Gasteiger partial charge on any atom is 0.0377 e. The summed E-state index contributed by atoms with van der Waals surface area (Å²) in [5, 5.41) is 0. The number of nitrogens with two attached hydrogens (primary N) is 1. The zero-order valence-electron chi connectivity index (χ0n) is 12.0. The molecule has 1 saturated heterocycles. The monoisotopic (exact) mass is 324 g/mol. The second kappa shape index (κ2) is 6.76. The number of anilines is 1. The Morgan fingerprint density at radius 2 is 2.16 bits per heavy atom. The van der Waals surface area contributed by atoms with Crippen molar-refractivity contribution < 1.29 is 0 Å². The molecule has 106 valence electrons. The Kier molecular flexibility index (Phi) is 5.28. The summed E-state index contributed by atoms with van der Waals surface area (Å²) in [6, 6.07) is 6.68. The average molecular weight is 325 g/mol. The van der Waals surface area contributed by atoms with E-state index in [1.54, 1.807) is 0 Å². The summed E-state index contributed by atoms with van der Waals surface area (Å²) in [4.78, 5) is 2.52. The molecule has 19 heavy (non-hydrogen) atoms. The van der Waals surface area contributed by atoms with Crippen LogP contribution in [0.5, 0.6) is 0 Å². The number of hydrogen-bond donors (Lipinski definition) is 1. The topological polar surface area (TPSA) is 29.3 Å². The molecule has 2 atom stereocenters. The molecule has 0 aromatic heterocycles. The van der Waals surface area contributed by atoms with Crippen LogP contribution in [0.1, 0.15) is 51.1 Å². The third-order valence-electron chi connectivity index (χ3n) is 4.26. The van der Waals surface area contributed by atoms with Crippen molar-refractivity contribution in [2.75, 3.05) is 18.0 Å². The van der Waals surface area contributed by atoms with Gasteiger partial charge in [0, 0.05) is 29.3 Å². The lowest BCUT2D eigenvalue weighted by molar-refractivity contribution is 0.459. The molecule has 2 nitrogen and oxygen atoms in total. The number of nitrogens with zero attached hydrogens (tertiary/aromatic N) is 1. The zero-order valence-corrected chi connectivity index (χ0v) is 13.6. The second-order valence-corrected chi connectivity index (χ2v) is 6.54. The van der Waals surface area contributed by atoms with E-state index < -0.39 is 0 Å². The van der Waals surface area contributed by atoms with Gasteiger partial charge >= 0.3 is 0 Å². The van der Waals surface area contributed by atoms with E-state index in [9.17, 15) is 0 Å². The van der Waals surface area contributed by atoms with Gasteiger partial charge in [0.25, 0.3) is 0 Å². The third kappa shape index (κ3) is 3.73. The molecular formula is C16H25BrN2. The second-order valence-electron chi connectivity index (χ2n) is 5.69. The van der Waals surface area contributed by atoms with Gasteiger partial charge in [0.2, 0.25) is 0 Å². The molecule has 1 aliphatic heterocycles. The first kappa shape index (κ1) is 14.9. The Balaban J connectivity index is 2.11. The zero-order chi connectivity index (χ0) is 13.8. The maximum atomic E-state index is 5.96. The van der Waals surface area contributed by atoms with E-state index in [1.165, 1.54) is 50.0 Å². The molecular weight excluding hydrogens is 300 g/mol. The maximum absolute atomic E-state index is 5.96. The minimum atomic E-state index is 0.0806. The standard InChI is InChI=1S/C16H25BrN2/c1-3-13-5-4-9-19(10-8-13)14-6-7-15(12(2)18)16(17)11-14/h6-7,11-13H,3-5,8-10,18H2,1-2H3/t12-,13?/m0/s1. The fourth-order valence-corrected chi connectivity index (χ4v) is 3.64. The van der Waals surface area contributed by atoms with Gasteiger partial charge in [-0.1, -0.05) is 35.3 Å². The van der Waals surface area contributed by atoms with Gasteiger partial charge in [0.05, 0.1) is 0 Å². The summed E-state index contributed by atoms with van der Waals surface area (Å²) in [6.07, 6.45) is 5.33. The molecule has 0 bridgehead atoms. The van der Waals surface area contributed by atoms with E-state index in [4.69, 9.17) is 5.73 Å². The molecule has 1 heterocycles. The van der Waals surface area contributed by atoms with Gasteiger partial charge < -0.3 is 10.6 Å². The lowest BCUT2D eigenvalue weighted by atomic mass is 9.98. The van der Waals surface area contributed by atoms with Crippen LogP contribution >= 0.6 is 15.9 Å². The van der Waals surface area contributed by atoms with Crippen molar-refractivity contribution in [3.05, 3.63) is 28.2 Å². The van der Waals surface area contributed by atoms with Gasteiger partial charge in [0.15, 0.2) is 0 Å². The number of halogens is 1. The van der Waals surface area contributed by atoms with Crippen LogP contribution in [0, 0.1) is 5.92 Å². The van der Waals surface area contributed by atoms with Gasteiger partial charge in [-0.2, -0.15) is 0 Å². The van der Waals surface area contributed by atoms with Gasteiger partial charge in [-0.25, -0.2) is 0 Å². The summed E-state index contributed by atoms with van der Waals surface area (Å²) in [5.41, 5.74) is 8.47. The number of benzene rings is 1. The molecule has 2 rings (SSSR count). The highest BCUT2D eigenvalue weighted by Gasteiger charge is 2.17. The van der Waals surface area contributed by atoms with Crippen molar-refractivity contribution in [1.29, 1.82) is 0 Å². The molecule has 0 aliphatic carbocycles. The Bertz CT molecular complexity index is 417. The highest BCUT2D eigenvalue weighted by Crippen LogP contribution is 2.30.